The van der Waals surface area contributed by atoms with Crippen molar-refractivity contribution in [2.45, 2.75) is 71.5 Å². The van der Waals surface area contributed by atoms with Gasteiger partial charge in [-0.05, 0) is 52.5 Å². The number of nitrogens with one attached hydrogen (secondary N) is 2. The zero-order valence-corrected chi connectivity index (χ0v) is 13.7. The number of nitrogens with zero attached hydrogens (tertiary/aromatic N) is 1. The Labute approximate surface area is 127 Å². The molecule has 1 saturated carbocycles. The highest BCUT2D eigenvalue weighted by Crippen LogP contribution is 2.29. The van der Waals surface area contributed by atoms with Crippen LogP contribution in [0.25, 0.3) is 0 Å². The van der Waals surface area contributed by atoms with Gasteiger partial charge in [0.2, 0.25) is 0 Å². The molecule has 0 amide bonds. The van der Waals surface area contributed by atoms with Gasteiger partial charge in [-0.1, -0.05) is 12.8 Å². The zero-order valence-electron chi connectivity index (χ0n) is 13.7. The first-order valence-electron chi connectivity index (χ1n) is 8.02. The molecule has 0 bridgehead atoms. The summed E-state index contributed by atoms with van der Waals surface area (Å²) in [5.74, 6) is 0.810. The summed E-state index contributed by atoms with van der Waals surface area (Å²) in [7, 11) is 0. The van der Waals surface area contributed by atoms with E-state index in [1.165, 1.54) is 25.7 Å². The number of pyridine rings is 1. The van der Waals surface area contributed by atoms with Crippen LogP contribution < -0.4 is 10.6 Å². The molecule has 1 unspecified atom stereocenters. The molecule has 4 heteroatoms. The standard InChI is InChI=1S/C17H28FN3/c1-12(13-7-5-6-8-13)21-16-15(18)14(9-10-19-16)11-20-17(2,3)4/h9-10,12-13,20H,5-8,11H2,1-4H3,(H,19,21). The third-order valence-corrected chi connectivity index (χ3v) is 4.25. The molecule has 1 aromatic heterocycles. The van der Waals surface area contributed by atoms with Crippen LogP contribution in [-0.2, 0) is 6.54 Å². The number of aromatic nitrogens is 1. The second-order valence-corrected chi connectivity index (χ2v) is 7.21. The average Bonchev–Trinajstić information content (AvgIpc) is 2.92. The van der Waals surface area contributed by atoms with Gasteiger partial charge in [0.25, 0.3) is 0 Å². The lowest BCUT2D eigenvalue weighted by Crippen LogP contribution is -2.35. The largest absolute Gasteiger partial charge is 0.365 e. The van der Waals surface area contributed by atoms with E-state index < -0.39 is 0 Å². The van der Waals surface area contributed by atoms with Gasteiger partial charge in [0.1, 0.15) is 0 Å². The van der Waals surface area contributed by atoms with Gasteiger partial charge in [-0.15, -0.1) is 0 Å². The first-order chi connectivity index (χ1) is 9.87. The number of halogens is 1. The summed E-state index contributed by atoms with van der Waals surface area (Å²) in [6.45, 7) is 8.88. The van der Waals surface area contributed by atoms with E-state index in [1.54, 1.807) is 12.3 Å². The quantitative estimate of drug-likeness (QED) is 0.858. The lowest BCUT2D eigenvalue weighted by Gasteiger charge is -2.23. The van der Waals surface area contributed by atoms with Crippen LogP contribution in [0.15, 0.2) is 12.3 Å². The summed E-state index contributed by atoms with van der Waals surface area (Å²) in [6, 6.07) is 2.03. The molecule has 21 heavy (non-hydrogen) atoms. The molecule has 0 saturated heterocycles. The first-order valence-corrected chi connectivity index (χ1v) is 8.02. The normalized spacial score (nSPS) is 18.0. The second kappa shape index (κ2) is 6.73. The van der Waals surface area contributed by atoms with Crippen molar-refractivity contribution < 1.29 is 4.39 Å². The fourth-order valence-corrected chi connectivity index (χ4v) is 2.87. The molecule has 0 aliphatic heterocycles. The van der Waals surface area contributed by atoms with Crippen LogP contribution in [0.2, 0.25) is 0 Å². The van der Waals surface area contributed by atoms with Gasteiger partial charge in [-0.2, -0.15) is 0 Å². The lowest BCUT2D eigenvalue weighted by molar-refractivity contribution is 0.418. The smallest absolute Gasteiger partial charge is 0.169 e. The molecule has 1 heterocycles. The van der Waals surface area contributed by atoms with Crippen molar-refractivity contribution >= 4 is 5.82 Å². The van der Waals surface area contributed by atoms with Crippen LogP contribution in [0, 0.1) is 11.7 Å². The van der Waals surface area contributed by atoms with E-state index in [1.807, 2.05) is 0 Å². The minimum absolute atomic E-state index is 0.0273. The Morgan fingerprint density at radius 1 is 1.33 bits per heavy atom. The van der Waals surface area contributed by atoms with E-state index in [2.05, 4.69) is 43.3 Å². The van der Waals surface area contributed by atoms with Crippen molar-refractivity contribution in [1.82, 2.24) is 10.3 Å². The number of anilines is 1. The molecule has 0 radical (unpaired) electrons. The molecule has 3 nitrogen and oxygen atoms in total. The van der Waals surface area contributed by atoms with E-state index in [-0.39, 0.29) is 17.4 Å². The molecular formula is C17H28FN3. The summed E-state index contributed by atoms with van der Waals surface area (Å²) < 4.78 is 14.5. The summed E-state index contributed by atoms with van der Waals surface area (Å²) in [5.41, 5.74) is 0.640. The Kier molecular flexibility index (Phi) is 5.20. The highest BCUT2D eigenvalue weighted by molar-refractivity contribution is 5.41. The maximum Gasteiger partial charge on any atom is 0.169 e. The third kappa shape index (κ3) is 4.67. The first kappa shape index (κ1) is 16.2. The minimum atomic E-state index is -0.223. The monoisotopic (exact) mass is 293 g/mol. The molecule has 1 aromatic rings. The van der Waals surface area contributed by atoms with Crippen molar-refractivity contribution in [3.05, 3.63) is 23.6 Å². The van der Waals surface area contributed by atoms with Crippen molar-refractivity contribution in [2.75, 3.05) is 5.32 Å². The van der Waals surface area contributed by atoms with Gasteiger partial charge in [-0.3, -0.25) is 0 Å². The Morgan fingerprint density at radius 2 is 2.00 bits per heavy atom. The molecular weight excluding hydrogens is 265 g/mol. The SMILES string of the molecule is CC(Nc1nccc(CNC(C)(C)C)c1F)C1CCCC1. The van der Waals surface area contributed by atoms with Crippen LogP contribution in [-0.4, -0.2) is 16.6 Å². The van der Waals surface area contributed by atoms with Crippen molar-refractivity contribution in [3.63, 3.8) is 0 Å². The highest BCUT2D eigenvalue weighted by Gasteiger charge is 2.23. The number of rotatable bonds is 5. The molecule has 1 atom stereocenters. The Hall–Kier alpha value is -1.16. The maximum atomic E-state index is 14.5. The van der Waals surface area contributed by atoms with Crippen LogP contribution in [0.1, 0.15) is 58.9 Å². The summed E-state index contributed by atoms with van der Waals surface area (Å²) in [5, 5.41) is 6.59. The molecule has 118 valence electrons. The third-order valence-electron chi connectivity index (χ3n) is 4.25. The van der Waals surface area contributed by atoms with Crippen molar-refractivity contribution in [2.24, 2.45) is 5.92 Å². The Bertz CT molecular complexity index is 462. The van der Waals surface area contributed by atoms with Gasteiger partial charge >= 0.3 is 0 Å². The molecule has 2 rings (SSSR count). The summed E-state index contributed by atoms with van der Waals surface area (Å²) in [4.78, 5) is 4.18. The van der Waals surface area contributed by atoms with Crippen molar-refractivity contribution in [1.29, 1.82) is 0 Å². The summed E-state index contributed by atoms with van der Waals surface area (Å²) in [6.07, 6.45) is 6.75. The second-order valence-electron chi connectivity index (χ2n) is 7.21. The molecule has 0 aromatic carbocycles. The highest BCUT2D eigenvalue weighted by atomic mass is 19.1. The zero-order chi connectivity index (χ0) is 15.5. The van der Waals surface area contributed by atoms with Crippen LogP contribution in [0.5, 0.6) is 0 Å². The Morgan fingerprint density at radius 3 is 2.62 bits per heavy atom. The number of hydrogen-bond donors (Lipinski definition) is 2. The molecule has 2 N–H and O–H groups in total. The predicted molar refractivity (Wildman–Crippen MR) is 85.8 cm³/mol. The van der Waals surface area contributed by atoms with Gasteiger partial charge in [0, 0.05) is 29.9 Å². The van der Waals surface area contributed by atoms with Crippen LogP contribution >= 0.6 is 0 Å². The van der Waals surface area contributed by atoms with E-state index >= 15 is 0 Å². The van der Waals surface area contributed by atoms with E-state index in [9.17, 15) is 4.39 Å². The van der Waals surface area contributed by atoms with Gasteiger partial charge in [0.15, 0.2) is 11.6 Å². The molecule has 1 aliphatic rings. The van der Waals surface area contributed by atoms with Crippen LogP contribution in [0.3, 0.4) is 0 Å². The maximum absolute atomic E-state index is 14.5. The Balaban J connectivity index is 2.02. The predicted octanol–water partition coefficient (Wildman–Crippen LogP) is 4.10. The molecule has 1 fully saturated rings. The fraction of sp³-hybridized carbons (Fsp3) is 0.706. The van der Waals surface area contributed by atoms with E-state index in [0.717, 1.165) is 0 Å². The van der Waals surface area contributed by atoms with Gasteiger partial charge < -0.3 is 10.6 Å². The minimum Gasteiger partial charge on any atom is -0.365 e. The molecule has 1 aliphatic carbocycles. The summed E-state index contributed by atoms with van der Waals surface area (Å²) >= 11 is 0. The number of hydrogen-bond acceptors (Lipinski definition) is 3. The van der Waals surface area contributed by atoms with Crippen molar-refractivity contribution in [3.8, 4) is 0 Å². The average molecular weight is 293 g/mol. The van der Waals surface area contributed by atoms with Gasteiger partial charge in [-0.25, -0.2) is 9.37 Å². The van der Waals surface area contributed by atoms with Gasteiger partial charge in [0.05, 0.1) is 0 Å². The topological polar surface area (TPSA) is 37.0 Å². The molecule has 0 spiro atoms. The van der Waals surface area contributed by atoms with E-state index in [0.29, 0.717) is 23.8 Å². The lowest BCUT2D eigenvalue weighted by atomic mass is 10.00. The van der Waals surface area contributed by atoms with E-state index in [4.69, 9.17) is 0 Å². The fourth-order valence-electron chi connectivity index (χ4n) is 2.87. The van der Waals surface area contributed by atoms with Crippen LogP contribution in [0.4, 0.5) is 10.2 Å².